The number of pyridine rings is 1. The first kappa shape index (κ1) is 18.6. The highest BCUT2D eigenvalue weighted by molar-refractivity contribution is 6.01. The summed E-state index contributed by atoms with van der Waals surface area (Å²) < 4.78 is 12.6. The van der Waals surface area contributed by atoms with Crippen molar-refractivity contribution in [2.45, 2.75) is 20.3 Å². The van der Waals surface area contributed by atoms with Crippen molar-refractivity contribution in [3.63, 3.8) is 0 Å². The van der Waals surface area contributed by atoms with Gasteiger partial charge in [0.15, 0.2) is 11.5 Å². The molecule has 0 atom stereocenters. The molecule has 1 heterocycles. The van der Waals surface area contributed by atoms with Gasteiger partial charge in [-0.1, -0.05) is 11.6 Å². The Kier molecular flexibility index (Phi) is 4.74. The van der Waals surface area contributed by atoms with Crippen LogP contribution in [0.4, 0.5) is 0 Å². The van der Waals surface area contributed by atoms with Crippen molar-refractivity contribution in [1.82, 2.24) is 4.57 Å². The minimum atomic E-state index is -0.324. The maximum atomic E-state index is 13.2. The van der Waals surface area contributed by atoms with Crippen molar-refractivity contribution < 1.29 is 19.7 Å². The lowest BCUT2D eigenvalue weighted by Gasteiger charge is -2.19. The fraction of sp³-hybridized carbons (Fsp3) is 0.286. The molecule has 0 fully saturated rings. The Hall–Kier alpha value is -3.15. The van der Waals surface area contributed by atoms with E-state index in [0.29, 0.717) is 28.6 Å². The molecule has 0 aliphatic rings. The van der Waals surface area contributed by atoms with Crippen molar-refractivity contribution in [2.24, 2.45) is 7.05 Å². The van der Waals surface area contributed by atoms with Gasteiger partial charge in [0, 0.05) is 18.7 Å². The minimum absolute atomic E-state index is 0.0580. The van der Waals surface area contributed by atoms with E-state index in [1.165, 1.54) is 32.4 Å². The van der Waals surface area contributed by atoms with Crippen LogP contribution in [-0.2, 0) is 13.5 Å². The maximum absolute atomic E-state index is 13.2. The van der Waals surface area contributed by atoms with E-state index in [1.54, 1.807) is 11.6 Å². The number of hydrogen-bond donors (Lipinski definition) is 2. The summed E-state index contributed by atoms with van der Waals surface area (Å²) in [6.45, 7) is 3.98. The lowest BCUT2D eigenvalue weighted by molar-refractivity contribution is 0.376. The molecule has 27 heavy (non-hydrogen) atoms. The van der Waals surface area contributed by atoms with Crippen molar-refractivity contribution in [2.75, 3.05) is 14.2 Å². The van der Waals surface area contributed by atoms with E-state index in [9.17, 15) is 15.0 Å². The smallest absolute Gasteiger partial charge is 0.201 e. The summed E-state index contributed by atoms with van der Waals surface area (Å²) in [6.07, 6.45) is 2.56. The third-order valence-corrected chi connectivity index (χ3v) is 4.74. The Morgan fingerprint density at radius 3 is 2.41 bits per heavy atom. The lowest BCUT2D eigenvalue weighted by Crippen LogP contribution is -2.12. The number of nitrogens with zero attached hydrogens (tertiary/aromatic N) is 1. The van der Waals surface area contributed by atoms with Crippen LogP contribution in [-0.4, -0.2) is 29.0 Å². The number of aromatic nitrogens is 1. The van der Waals surface area contributed by atoms with Crippen LogP contribution < -0.4 is 14.9 Å². The first-order valence-corrected chi connectivity index (χ1v) is 8.56. The van der Waals surface area contributed by atoms with E-state index >= 15 is 0 Å². The molecule has 0 amide bonds. The van der Waals surface area contributed by atoms with Gasteiger partial charge in [-0.05, 0) is 32.4 Å². The molecule has 0 radical (unpaired) electrons. The van der Waals surface area contributed by atoms with E-state index in [2.05, 4.69) is 0 Å². The van der Waals surface area contributed by atoms with Crippen molar-refractivity contribution in [3.05, 3.63) is 45.6 Å². The van der Waals surface area contributed by atoms with Crippen LogP contribution in [0.2, 0.25) is 0 Å². The zero-order valence-electron chi connectivity index (χ0n) is 16.1. The normalized spacial score (nSPS) is 11.0. The van der Waals surface area contributed by atoms with E-state index in [4.69, 9.17) is 9.47 Å². The number of benzene rings is 2. The maximum Gasteiger partial charge on any atom is 0.201 e. The number of phenolic OH excluding ortho intramolecular Hbond substituents is 2. The first-order valence-electron chi connectivity index (χ1n) is 8.56. The van der Waals surface area contributed by atoms with Crippen LogP contribution in [0.1, 0.15) is 19.4 Å². The topological polar surface area (TPSA) is 80.9 Å². The summed E-state index contributed by atoms with van der Waals surface area (Å²) in [6, 6.07) is 4.43. The molecule has 0 aliphatic carbocycles. The van der Waals surface area contributed by atoms with E-state index in [0.717, 1.165) is 11.1 Å². The van der Waals surface area contributed by atoms with Crippen LogP contribution in [0.3, 0.4) is 0 Å². The third-order valence-electron chi connectivity index (χ3n) is 4.74. The second-order valence-corrected chi connectivity index (χ2v) is 6.69. The largest absolute Gasteiger partial charge is 0.507 e. The zero-order valence-corrected chi connectivity index (χ0v) is 16.1. The predicted molar refractivity (Wildman–Crippen MR) is 106 cm³/mol. The molecule has 0 saturated carbocycles. The molecule has 3 rings (SSSR count). The standard InChI is InChI=1S/C21H23NO5/c1-11(2)6-7-12-16(26-4)10-15(24)17-18(12)22(3)19-13(20(17)25)8-9-14(23)21(19)27-5/h6,8-10,23-24H,7H2,1-5H3. The van der Waals surface area contributed by atoms with Gasteiger partial charge in [-0.3, -0.25) is 4.79 Å². The van der Waals surface area contributed by atoms with Crippen molar-refractivity contribution in [3.8, 4) is 23.0 Å². The van der Waals surface area contributed by atoms with Gasteiger partial charge in [0.2, 0.25) is 5.43 Å². The molecule has 0 bridgehead atoms. The van der Waals surface area contributed by atoms with Crippen LogP contribution >= 0.6 is 0 Å². The second-order valence-electron chi connectivity index (χ2n) is 6.69. The molecule has 6 heteroatoms. The highest BCUT2D eigenvalue weighted by Gasteiger charge is 2.22. The first-order chi connectivity index (χ1) is 12.8. The Morgan fingerprint density at radius 2 is 1.81 bits per heavy atom. The number of fused-ring (bicyclic) bond motifs is 2. The number of phenols is 2. The Balaban J connectivity index is 2.62. The SMILES string of the molecule is COc1cc(O)c2c(=O)c3ccc(O)c(OC)c3n(C)c2c1CC=C(C)C. The summed E-state index contributed by atoms with van der Waals surface area (Å²) in [7, 11) is 4.74. The summed E-state index contributed by atoms with van der Waals surface area (Å²) in [5, 5.41) is 21.3. The van der Waals surface area contributed by atoms with Crippen LogP contribution in [0, 0.1) is 0 Å². The number of aryl methyl sites for hydroxylation is 1. The van der Waals surface area contributed by atoms with Crippen molar-refractivity contribution in [1.29, 1.82) is 0 Å². The summed E-state index contributed by atoms with van der Waals surface area (Å²) in [5.74, 6) is 0.505. The molecule has 0 unspecified atom stereocenters. The number of aromatic hydroxyl groups is 2. The predicted octanol–water partition coefficient (Wildman–Crippen LogP) is 3.63. The Morgan fingerprint density at radius 1 is 1.11 bits per heavy atom. The second kappa shape index (κ2) is 6.87. The van der Waals surface area contributed by atoms with E-state index < -0.39 is 0 Å². The third kappa shape index (κ3) is 2.87. The minimum Gasteiger partial charge on any atom is -0.507 e. The van der Waals surface area contributed by atoms with Gasteiger partial charge < -0.3 is 24.3 Å². The van der Waals surface area contributed by atoms with Gasteiger partial charge in [0.25, 0.3) is 0 Å². The molecular formula is C21H23NO5. The zero-order chi connectivity index (χ0) is 19.9. The summed E-state index contributed by atoms with van der Waals surface area (Å²) in [4.78, 5) is 13.2. The van der Waals surface area contributed by atoms with Crippen molar-refractivity contribution >= 4 is 21.8 Å². The average Bonchev–Trinajstić information content (AvgIpc) is 2.63. The number of ether oxygens (including phenoxy) is 2. The van der Waals surface area contributed by atoms with Gasteiger partial charge in [-0.2, -0.15) is 0 Å². The molecule has 2 N–H and O–H groups in total. The molecule has 142 valence electrons. The lowest BCUT2D eigenvalue weighted by atomic mass is 10.00. The van der Waals surface area contributed by atoms with Crippen LogP contribution in [0.15, 0.2) is 34.6 Å². The fourth-order valence-electron chi connectivity index (χ4n) is 3.48. The van der Waals surface area contributed by atoms with Gasteiger partial charge >= 0.3 is 0 Å². The Labute approximate surface area is 156 Å². The molecule has 0 saturated heterocycles. The van der Waals surface area contributed by atoms with E-state index in [1.807, 2.05) is 19.9 Å². The highest BCUT2D eigenvalue weighted by Crippen LogP contribution is 2.39. The number of methoxy groups -OCH3 is 2. The quantitative estimate of drug-likeness (QED) is 0.542. The van der Waals surface area contributed by atoms with E-state index in [-0.39, 0.29) is 28.1 Å². The molecule has 6 nitrogen and oxygen atoms in total. The fourth-order valence-corrected chi connectivity index (χ4v) is 3.48. The van der Waals surface area contributed by atoms with Gasteiger partial charge in [0.05, 0.1) is 36.0 Å². The Bertz CT molecular complexity index is 1140. The summed E-state index contributed by atoms with van der Waals surface area (Å²) in [5.41, 5.74) is 2.58. The average molecular weight is 369 g/mol. The van der Waals surface area contributed by atoms with Gasteiger partial charge in [0.1, 0.15) is 11.5 Å². The molecule has 0 aliphatic heterocycles. The molecule has 0 spiro atoms. The molecular weight excluding hydrogens is 346 g/mol. The molecule has 1 aromatic heterocycles. The highest BCUT2D eigenvalue weighted by atomic mass is 16.5. The van der Waals surface area contributed by atoms with Gasteiger partial charge in [-0.15, -0.1) is 0 Å². The summed E-state index contributed by atoms with van der Waals surface area (Å²) >= 11 is 0. The number of allylic oxidation sites excluding steroid dienone is 2. The van der Waals surface area contributed by atoms with Crippen LogP contribution in [0.5, 0.6) is 23.0 Å². The van der Waals surface area contributed by atoms with Gasteiger partial charge in [-0.25, -0.2) is 0 Å². The molecule has 3 aromatic rings. The number of hydrogen-bond acceptors (Lipinski definition) is 5. The number of rotatable bonds is 4. The molecule has 2 aromatic carbocycles. The monoisotopic (exact) mass is 369 g/mol. The van der Waals surface area contributed by atoms with Crippen LogP contribution in [0.25, 0.3) is 21.8 Å².